The van der Waals surface area contributed by atoms with Crippen LogP contribution in [0.4, 0.5) is 0 Å². The van der Waals surface area contributed by atoms with Crippen LogP contribution in [0.25, 0.3) is 0 Å². The Labute approximate surface area is 97.3 Å². The summed E-state index contributed by atoms with van der Waals surface area (Å²) in [5.74, 6) is 0.786. The number of aliphatic imine (C=N–C) groups is 1. The molecule has 2 nitrogen and oxygen atoms in total. The van der Waals surface area contributed by atoms with Gasteiger partial charge in [-0.2, -0.15) is 0 Å². The van der Waals surface area contributed by atoms with Crippen molar-refractivity contribution in [3.05, 3.63) is 0 Å². The molecule has 1 heterocycles. The molecule has 2 unspecified atom stereocenters. The smallest absolute Gasteiger partial charge is 0.157 e. The van der Waals surface area contributed by atoms with Crippen molar-refractivity contribution in [1.82, 2.24) is 5.32 Å². The first kappa shape index (κ1) is 11.3. The molecule has 86 valence electrons. The second-order valence-corrected chi connectivity index (χ2v) is 7.19. The highest BCUT2D eigenvalue weighted by molar-refractivity contribution is 8.14. The summed E-state index contributed by atoms with van der Waals surface area (Å²) in [6, 6.07) is 0.668. The standard InChI is InChI=1S/C12H22N2S/c1-8(2)5-9-7-13-11(15-9)14-10-6-12(10,3)4/h8-10H,5-7H2,1-4H3,(H,13,14). The van der Waals surface area contributed by atoms with Crippen LogP contribution in [0.5, 0.6) is 0 Å². The van der Waals surface area contributed by atoms with E-state index in [4.69, 9.17) is 0 Å². The first-order chi connectivity index (χ1) is 6.97. The van der Waals surface area contributed by atoms with Gasteiger partial charge in [0.2, 0.25) is 0 Å². The lowest BCUT2D eigenvalue weighted by molar-refractivity contribution is 0.575. The molecule has 1 aliphatic carbocycles. The van der Waals surface area contributed by atoms with E-state index in [1.165, 1.54) is 18.0 Å². The average molecular weight is 226 g/mol. The Hall–Kier alpha value is -0.180. The number of amidine groups is 1. The minimum absolute atomic E-state index is 0.499. The monoisotopic (exact) mass is 226 g/mol. The SMILES string of the molecule is CC(C)CC1CN=C(NC2CC2(C)C)S1. The van der Waals surface area contributed by atoms with Gasteiger partial charge in [-0.05, 0) is 24.2 Å². The van der Waals surface area contributed by atoms with Crippen molar-refractivity contribution in [2.24, 2.45) is 16.3 Å². The maximum absolute atomic E-state index is 4.58. The molecule has 0 amide bonds. The Morgan fingerprint density at radius 1 is 1.53 bits per heavy atom. The Morgan fingerprint density at radius 3 is 2.73 bits per heavy atom. The second-order valence-electron chi connectivity index (χ2n) is 5.90. The molecule has 0 spiro atoms. The fourth-order valence-corrected chi connectivity index (χ4v) is 3.31. The topological polar surface area (TPSA) is 24.4 Å². The van der Waals surface area contributed by atoms with Crippen LogP contribution in [0.2, 0.25) is 0 Å². The lowest BCUT2D eigenvalue weighted by atomic mass is 10.1. The van der Waals surface area contributed by atoms with Crippen molar-refractivity contribution in [3.8, 4) is 0 Å². The predicted octanol–water partition coefficient (Wildman–Crippen LogP) is 2.89. The molecule has 0 aromatic carbocycles. The van der Waals surface area contributed by atoms with Crippen molar-refractivity contribution in [2.75, 3.05) is 6.54 Å². The minimum Gasteiger partial charge on any atom is -0.362 e. The number of nitrogens with zero attached hydrogens (tertiary/aromatic N) is 1. The van der Waals surface area contributed by atoms with Crippen molar-refractivity contribution in [3.63, 3.8) is 0 Å². The van der Waals surface area contributed by atoms with Crippen molar-refractivity contribution in [2.45, 2.75) is 51.8 Å². The summed E-state index contributed by atoms with van der Waals surface area (Å²) in [5, 5.41) is 5.47. The molecule has 0 aromatic heterocycles. The normalized spacial score (nSPS) is 33.0. The van der Waals surface area contributed by atoms with Crippen LogP contribution in [0.1, 0.15) is 40.5 Å². The number of hydrogen-bond donors (Lipinski definition) is 1. The molecule has 0 bridgehead atoms. The van der Waals surface area contributed by atoms with Crippen molar-refractivity contribution < 1.29 is 0 Å². The summed E-state index contributed by atoms with van der Waals surface area (Å²) in [4.78, 5) is 4.58. The van der Waals surface area contributed by atoms with E-state index in [1.807, 2.05) is 11.8 Å². The third kappa shape index (κ3) is 2.90. The van der Waals surface area contributed by atoms with Gasteiger partial charge in [-0.15, -0.1) is 0 Å². The number of nitrogens with one attached hydrogen (secondary N) is 1. The Balaban J connectivity index is 1.73. The average Bonchev–Trinajstić information content (AvgIpc) is 2.54. The molecule has 0 aromatic rings. The van der Waals surface area contributed by atoms with Gasteiger partial charge in [0.25, 0.3) is 0 Å². The molecule has 1 aliphatic heterocycles. The Morgan fingerprint density at radius 2 is 2.20 bits per heavy atom. The molecule has 0 radical (unpaired) electrons. The van der Waals surface area contributed by atoms with Crippen molar-refractivity contribution >= 4 is 16.9 Å². The van der Waals surface area contributed by atoms with E-state index < -0.39 is 0 Å². The van der Waals surface area contributed by atoms with Crippen molar-refractivity contribution in [1.29, 1.82) is 0 Å². The van der Waals surface area contributed by atoms with Crippen LogP contribution in [-0.2, 0) is 0 Å². The van der Waals surface area contributed by atoms with Crippen LogP contribution in [-0.4, -0.2) is 23.0 Å². The molecule has 0 saturated heterocycles. The molecule has 15 heavy (non-hydrogen) atoms. The van der Waals surface area contributed by atoms with Crippen LogP contribution in [0.3, 0.4) is 0 Å². The second kappa shape index (κ2) is 4.00. The molecular formula is C12H22N2S. The van der Waals surface area contributed by atoms with Gasteiger partial charge in [-0.25, -0.2) is 0 Å². The van der Waals surface area contributed by atoms with Gasteiger partial charge >= 0.3 is 0 Å². The first-order valence-electron chi connectivity index (χ1n) is 5.95. The molecule has 3 heteroatoms. The van der Waals surface area contributed by atoms with Gasteiger partial charge < -0.3 is 5.32 Å². The number of hydrogen-bond acceptors (Lipinski definition) is 3. The van der Waals surface area contributed by atoms with Crippen LogP contribution in [0.15, 0.2) is 4.99 Å². The summed E-state index contributed by atoms with van der Waals surface area (Å²) in [6.07, 6.45) is 2.58. The summed E-state index contributed by atoms with van der Waals surface area (Å²) in [7, 11) is 0. The lowest BCUT2D eigenvalue weighted by Gasteiger charge is -2.11. The van der Waals surface area contributed by atoms with E-state index in [0.29, 0.717) is 11.5 Å². The van der Waals surface area contributed by atoms with E-state index in [9.17, 15) is 0 Å². The predicted molar refractivity (Wildman–Crippen MR) is 68.5 cm³/mol. The summed E-state index contributed by atoms with van der Waals surface area (Å²) in [6.45, 7) is 10.2. The molecule has 2 aliphatic rings. The molecule has 1 saturated carbocycles. The molecule has 1 N–H and O–H groups in total. The van der Waals surface area contributed by atoms with Crippen LogP contribution < -0.4 is 5.32 Å². The van der Waals surface area contributed by atoms with E-state index in [1.54, 1.807) is 0 Å². The highest BCUT2D eigenvalue weighted by Crippen LogP contribution is 2.45. The van der Waals surface area contributed by atoms with Crippen LogP contribution >= 0.6 is 11.8 Å². The zero-order chi connectivity index (χ0) is 11.1. The number of rotatable bonds is 3. The quantitative estimate of drug-likeness (QED) is 0.800. The van der Waals surface area contributed by atoms with Gasteiger partial charge in [0.05, 0.1) is 6.54 Å². The molecule has 1 fully saturated rings. The number of thioether (sulfide) groups is 1. The van der Waals surface area contributed by atoms with E-state index in [-0.39, 0.29) is 0 Å². The summed E-state index contributed by atoms with van der Waals surface area (Å²) >= 11 is 1.95. The largest absolute Gasteiger partial charge is 0.362 e. The molecular weight excluding hydrogens is 204 g/mol. The van der Waals surface area contributed by atoms with Gasteiger partial charge in [0.15, 0.2) is 5.17 Å². The van der Waals surface area contributed by atoms with Crippen LogP contribution in [0, 0.1) is 11.3 Å². The van der Waals surface area contributed by atoms with Gasteiger partial charge in [0.1, 0.15) is 0 Å². The fourth-order valence-electron chi connectivity index (χ4n) is 2.01. The highest BCUT2D eigenvalue weighted by atomic mass is 32.2. The van der Waals surface area contributed by atoms with Gasteiger partial charge in [-0.3, -0.25) is 4.99 Å². The third-order valence-corrected chi connectivity index (χ3v) is 4.41. The molecule has 2 atom stereocenters. The lowest BCUT2D eigenvalue weighted by Crippen LogP contribution is -2.25. The summed E-state index contributed by atoms with van der Waals surface area (Å²) in [5.41, 5.74) is 0.499. The van der Waals surface area contributed by atoms with E-state index >= 15 is 0 Å². The maximum atomic E-state index is 4.58. The van der Waals surface area contributed by atoms with Gasteiger partial charge in [-0.1, -0.05) is 39.5 Å². The Kier molecular flexibility index (Phi) is 3.02. The zero-order valence-corrected chi connectivity index (χ0v) is 11.0. The van der Waals surface area contributed by atoms with Gasteiger partial charge in [0, 0.05) is 11.3 Å². The van der Waals surface area contributed by atoms with E-state index in [0.717, 1.165) is 17.7 Å². The molecule has 2 rings (SSSR count). The minimum atomic E-state index is 0.499. The highest BCUT2D eigenvalue weighted by Gasteiger charge is 2.46. The maximum Gasteiger partial charge on any atom is 0.157 e. The Bertz CT molecular complexity index is 271. The zero-order valence-electron chi connectivity index (χ0n) is 10.2. The summed E-state index contributed by atoms with van der Waals surface area (Å²) < 4.78 is 0. The third-order valence-electron chi connectivity index (χ3n) is 3.26. The fraction of sp³-hybridized carbons (Fsp3) is 0.917. The van der Waals surface area contributed by atoms with E-state index in [2.05, 4.69) is 38.0 Å². The first-order valence-corrected chi connectivity index (χ1v) is 6.83.